The van der Waals surface area contributed by atoms with Crippen molar-refractivity contribution in [3.8, 4) is 16.9 Å². The Kier molecular flexibility index (Phi) is 5.16. The average Bonchev–Trinajstić information content (AvgIpc) is 3.38. The summed E-state index contributed by atoms with van der Waals surface area (Å²) in [5, 5.41) is 8.57. The van der Waals surface area contributed by atoms with E-state index >= 15 is 0 Å². The molecule has 0 saturated carbocycles. The summed E-state index contributed by atoms with van der Waals surface area (Å²) in [6.07, 6.45) is 6.66. The van der Waals surface area contributed by atoms with E-state index in [0.29, 0.717) is 0 Å². The lowest BCUT2D eigenvalue weighted by atomic mass is 9.99. The van der Waals surface area contributed by atoms with Crippen molar-refractivity contribution in [2.45, 2.75) is 38.8 Å². The van der Waals surface area contributed by atoms with Crippen molar-refractivity contribution in [3.05, 3.63) is 77.5 Å². The summed E-state index contributed by atoms with van der Waals surface area (Å²) in [7, 11) is 4.15. The molecule has 5 rings (SSSR count). The zero-order chi connectivity index (χ0) is 21.4. The molecule has 2 aromatic heterocycles. The molecule has 3 heterocycles. The van der Waals surface area contributed by atoms with Gasteiger partial charge in [0.05, 0.1) is 0 Å². The van der Waals surface area contributed by atoms with Gasteiger partial charge in [-0.3, -0.25) is 4.40 Å². The Morgan fingerprint density at radius 2 is 1.94 bits per heavy atom. The number of nitrogens with zero attached hydrogens (tertiary/aromatic N) is 5. The van der Waals surface area contributed by atoms with Crippen LogP contribution in [-0.4, -0.2) is 44.7 Å². The number of aryl methyl sites for hydroxylation is 2. The van der Waals surface area contributed by atoms with Gasteiger partial charge < -0.3 is 9.64 Å². The highest BCUT2D eigenvalue weighted by molar-refractivity contribution is 5.76. The first-order chi connectivity index (χ1) is 15.1. The van der Waals surface area contributed by atoms with E-state index in [2.05, 4.69) is 78.6 Å². The fraction of sp³-hybridized carbons (Fsp3) is 0.320. The topological polar surface area (TPSA) is 55.6 Å². The van der Waals surface area contributed by atoms with Gasteiger partial charge in [0.1, 0.15) is 24.0 Å². The van der Waals surface area contributed by atoms with Gasteiger partial charge in [0.2, 0.25) is 0 Å². The van der Waals surface area contributed by atoms with Crippen molar-refractivity contribution in [2.24, 2.45) is 0 Å². The zero-order valence-electron chi connectivity index (χ0n) is 18.2. The molecular formula is C25H27N5O. The normalized spacial score (nSPS) is 15.4. The Balaban J connectivity index is 1.40. The van der Waals surface area contributed by atoms with Crippen LogP contribution in [0.15, 0.2) is 55.0 Å². The van der Waals surface area contributed by atoms with Gasteiger partial charge in [-0.15, -0.1) is 10.2 Å². The van der Waals surface area contributed by atoms with Crippen LogP contribution >= 0.6 is 0 Å². The summed E-state index contributed by atoms with van der Waals surface area (Å²) in [6, 6.07) is 14.9. The van der Waals surface area contributed by atoms with Crippen LogP contribution in [0.4, 0.5) is 0 Å². The minimum Gasteiger partial charge on any atom is -0.490 e. The van der Waals surface area contributed by atoms with Crippen molar-refractivity contribution < 1.29 is 4.74 Å². The number of rotatable bonds is 6. The smallest absolute Gasteiger partial charge is 0.171 e. The lowest BCUT2D eigenvalue weighted by Crippen LogP contribution is -2.10. The second-order valence-electron chi connectivity index (χ2n) is 8.57. The summed E-state index contributed by atoms with van der Waals surface area (Å²) in [5.74, 6) is 2.00. The molecule has 158 valence electrons. The molecule has 0 saturated heterocycles. The number of ether oxygens (including phenoxy) is 1. The average molecular weight is 414 g/mol. The Morgan fingerprint density at radius 1 is 1.10 bits per heavy atom. The molecule has 0 fully saturated rings. The van der Waals surface area contributed by atoms with Crippen molar-refractivity contribution in [1.29, 1.82) is 0 Å². The zero-order valence-corrected chi connectivity index (χ0v) is 18.2. The number of benzene rings is 2. The highest BCUT2D eigenvalue weighted by Gasteiger charge is 2.21. The molecule has 0 amide bonds. The van der Waals surface area contributed by atoms with Gasteiger partial charge in [0, 0.05) is 36.7 Å². The van der Waals surface area contributed by atoms with Crippen molar-refractivity contribution in [1.82, 2.24) is 24.5 Å². The lowest BCUT2D eigenvalue weighted by molar-refractivity contribution is 0.254. The number of hydrogen-bond donors (Lipinski definition) is 0. The predicted molar refractivity (Wildman–Crippen MR) is 121 cm³/mol. The third kappa shape index (κ3) is 3.91. The van der Waals surface area contributed by atoms with Gasteiger partial charge in [0.25, 0.3) is 0 Å². The van der Waals surface area contributed by atoms with E-state index in [-0.39, 0.29) is 6.10 Å². The molecule has 1 aliphatic heterocycles. The lowest BCUT2D eigenvalue weighted by Gasteiger charge is -2.11. The summed E-state index contributed by atoms with van der Waals surface area (Å²) in [5.41, 5.74) is 6.91. The second-order valence-corrected chi connectivity index (χ2v) is 8.57. The van der Waals surface area contributed by atoms with Gasteiger partial charge in [-0.1, -0.05) is 36.4 Å². The summed E-state index contributed by atoms with van der Waals surface area (Å²) >= 11 is 0. The first-order valence-corrected chi connectivity index (χ1v) is 10.8. The quantitative estimate of drug-likeness (QED) is 0.479. The highest BCUT2D eigenvalue weighted by atomic mass is 16.5. The SMILES string of the molecule is CC1Cc2c(CCc3ncc(-c4ccc(CN(C)C)cc4)c4nncn34)cccc2O1. The van der Waals surface area contributed by atoms with Crippen LogP contribution in [0.1, 0.15) is 29.4 Å². The molecule has 1 unspecified atom stereocenters. The third-order valence-electron chi connectivity index (χ3n) is 5.84. The standard InChI is InChI=1S/C25H27N5O/c1-17-13-21-19(5-4-6-23(21)31-17)11-12-24-26-14-22(25-28-27-16-30(24)25)20-9-7-18(8-10-20)15-29(2)3/h4-10,14,16-17H,11-13,15H2,1-3H3. The molecule has 6 nitrogen and oxygen atoms in total. The van der Waals surface area contributed by atoms with E-state index in [9.17, 15) is 0 Å². The van der Waals surface area contributed by atoms with Crippen molar-refractivity contribution >= 4 is 5.65 Å². The van der Waals surface area contributed by atoms with Crippen LogP contribution < -0.4 is 4.74 Å². The number of hydrogen-bond acceptors (Lipinski definition) is 5. The highest BCUT2D eigenvalue weighted by Crippen LogP contribution is 2.32. The molecule has 0 N–H and O–H groups in total. The molecule has 1 atom stereocenters. The van der Waals surface area contributed by atoms with Gasteiger partial charge in [-0.2, -0.15) is 0 Å². The first kappa shape index (κ1) is 19.7. The van der Waals surface area contributed by atoms with Crippen molar-refractivity contribution in [2.75, 3.05) is 14.1 Å². The second kappa shape index (κ2) is 8.12. The fourth-order valence-electron chi connectivity index (χ4n) is 4.39. The molecule has 6 heteroatoms. The minimum atomic E-state index is 0.252. The van der Waals surface area contributed by atoms with Crippen LogP contribution in [0.5, 0.6) is 5.75 Å². The first-order valence-electron chi connectivity index (χ1n) is 10.8. The minimum absolute atomic E-state index is 0.252. The molecule has 4 aromatic rings. The van der Waals surface area contributed by atoms with E-state index in [1.807, 2.05) is 10.6 Å². The van der Waals surface area contributed by atoms with E-state index < -0.39 is 0 Å². The number of aromatic nitrogens is 4. The van der Waals surface area contributed by atoms with Crippen molar-refractivity contribution in [3.63, 3.8) is 0 Å². The monoisotopic (exact) mass is 413 g/mol. The predicted octanol–water partition coefficient (Wildman–Crippen LogP) is 3.96. The maximum atomic E-state index is 5.91. The van der Waals surface area contributed by atoms with Gasteiger partial charge >= 0.3 is 0 Å². The molecule has 0 bridgehead atoms. The fourth-order valence-corrected chi connectivity index (χ4v) is 4.39. The molecule has 31 heavy (non-hydrogen) atoms. The van der Waals surface area contributed by atoms with E-state index in [1.54, 1.807) is 6.33 Å². The van der Waals surface area contributed by atoms with E-state index in [4.69, 9.17) is 9.72 Å². The Hall–Kier alpha value is -3.25. The van der Waals surface area contributed by atoms with Gasteiger partial charge in [0.15, 0.2) is 5.65 Å². The molecule has 0 aliphatic carbocycles. The molecule has 0 spiro atoms. The van der Waals surface area contributed by atoms with E-state index in [1.165, 1.54) is 16.7 Å². The van der Waals surface area contributed by atoms with Crippen LogP contribution in [0.25, 0.3) is 16.8 Å². The summed E-state index contributed by atoms with van der Waals surface area (Å²) in [6.45, 7) is 3.04. The van der Waals surface area contributed by atoms with Crippen LogP contribution in [0, 0.1) is 0 Å². The largest absolute Gasteiger partial charge is 0.490 e. The van der Waals surface area contributed by atoms with Crippen LogP contribution in [0.2, 0.25) is 0 Å². The van der Waals surface area contributed by atoms with Gasteiger partial charge in [-0.05, 0) is 50.2 Å². The molecule has 0 radical (unpaired) electrons. The summed E-state index contributed by atoms with van der Waals surface area (Å²) in [4.78, 5) is 6.96. The maximum absolute atomic E-state index is 5.91. The van der Waals surface area contributed by atoms with Gasteiger partial charge in [-0.25, -0.2) is 4.98 Å². The molecule has 2 aromatic carbocycles. The third-order valence-corrected chi connectivity index (χ3v) is 5.84. The Bertz CT molecular complexity index is 1210. The Morgan fingerprint density at radius 3 is 2.74 bits per heavy atom. The molecular weight excluding hydrogens is 386 g/mol. The van der Waals surface area contributed by atoms with Crippen LogP contribution in [-0.2, 0) is 25.8 Å². The maximum Gasteiger partial charge on any atom is 0.171 e. The number of fused-ring (bicyclic) bond motifs is 2. The van der Waals surface area contributed by atoms with E-state index in [0.717, 1.165) is 54.2 Å². The molecule has 1 aliphatic rings. The van der Waals surface area contributed by atoms with Crippen LogP contribution in [0.3, 0.4) is 0 Å². The Labute approximate surface area is 182 Å². The summed E-state index contributed by atoms with van der Waals surface area (Å²) < 4.78 is 7.93.